The van der Waals surface area contributed by atoms with Gasteiger partial charge in [0.2, 0.25) is 0 Å². The average molecular weight is 397 g/mol. The number of nitrogens with two attached hydrogens (primary N) is 1. The number of ether oxygens (including phenoxy) is 2. The molecule has 144 valence electrons. The van der Waals surface area contributed by atoms with Gasteiger partial charge in [0.1, 0.15) is 23.6 Å². The number of aryl methyl sites for hydroxylation is 1. The second kappa shape index (κ2) is 7.55. The van der Waals surface area contributed by atoms with Crippen molar-refractivity contribution >= 4 is 39.9 Å². The summed E-state index contributed by atoms with van der Waals surface area (Å²) < 4.78 is 17.8. The minimum Gasteiger partial charge on any atom is -0.493 e. The summed E-state index contributed by atoms with van der Waals surface area (Å²) >= 11 is 0.755. The Kier molecular flexibility index (Phi) is 4.95. The first-order valence-electron chi connectivity index (χ1n) is 8.42. The van der Waals surface area contributed by atoms with Crippen LogP contribution < -0.4 is 20.1 Å². The predicted octanol–water partition coefficient (Wildman–Crippen LogP) is 3.67. The number of nitrogens with zero attached hydrogens (tertiary/aromatic N) is 3. The largest absolute Gasteiger partial charge is 0.493 e. The van der Waals surface area contributed by atoms with E-state index < -0.39 is 0 Å². The van der Waals surface area contributed by atoms with Crippen LogP contribution in [-0.4, -0.2) is 28.8 Å². The fourth-order valence-electron chi connectivity index (χ4n) is 3.24. The third-order valence-corrected chi connectivity index (χ3v) is 4.74. The van der Waals surface area contributed by atoms with Crippen LogP contribution in [-0.2, 0) is 11.3 Å². The number of pyridine rings is 1. The Morgan fingerprint density at radius 2 is 1.75 bits per heavy atom. The van der Waals surface area contributed by atoms with E-state index in [1.807, 2.05) is 43.4 Å². The lowest BCUT2D eigenvalue weighted by molar-refractivity contribution is 0.356. The molecule has 0 spiro atoms. The van der Waals surface area contributed by atoms with Gasteiger partial charge in [-0.15, -0.1) is 0 Å². The molecule has 2 aromatic carbocycles. The minimum absolute atomic E-state index is 0.644. The van der Waals surface area contributed by atoms with Crippen LogP contribution in [0.5, 0.6) is 11.5 Å². The Bertz CT molecular complexity index is 1140. The van der Waals surface area contributed by atoms with E-state index in [0.717, 1.165) is 51.2 Å². The van der Waals surface area contributed by atoms with Gasteiger partial charge in [-0.1, -0.05) is 0 Å². The van der Waals surface area contributed by atoms with Crippen molar-refractivity contribution in [3.05, 3.63) is 42.6 Å². The van der Waals surface area contributed by atoms with E-state index in [9.17, 15) is 0 Å². The lowest BCUT2D eigenvalue weighted by Gasteiger charge is -2.10. The van der Waals surface area contributed by atoms with Gasteiger partial charge in [0.15, 0.2) is 11.5 Å². The summed E-state index contributed by atoms with van der Waals surface area (Å²) in [6.45, 7) is 0. The highest BCUT2D eigenvalue weighted by Gasteiger charge is 2.16. The lowest BCUT2D eigenvalue weighted by Crippen LogP contribution is -1.97. The van der Waals surface area contributed by atoms with Crippen molar-refractivity contribution in [3.63, 3.8) is 0 Å². The van der Waals surface area contributed by atoms with Crippen LogP contribution in [0.25, 0.3) is 33.3 Å². The Morgan fingerprint density at radius 1 is 1.04 bits per heavy atom. The van der Waals surface area contributed by atoms with Gasteiger partial charge in [0, 0.05) is 24.1 Å². The number of hydrogen-bond acceptors (Lipinski definition) is 8. The second-order valence-corrected chi connectivity index (χ2v) is 6.43. The van der Waals surface area contributed by atoms with E-state index in [1.54, 1.807) is 20.4 Å². The van der Waals surface area contributed by atoms with Crippen molar-refractivity contribution in [2.45, 2.75) is 0 Å². The maximum atomic E-state index is 5.46. The summed E-state index contributed by atoms with van der Waals surface area (Å²) in [5, 5.41) is 6.19. The lowest BCUT2D eigenvalue weighted by atomic mass is 10.1. The van der Waals surface area contributed by atoms with E-state index >= 15 is 0 Å². The quantitative estimate of drug-likeness (QED) is 0.289. The number of anilines is 1. The first-order valence-corrected chi connectivity index (χ1v) is 9.22. The van der Waals surface area contributed by atoms with Gasteiger partial charge >= 0.3 is 0 Å². The van der Waals surface area contributed by atoms with Crippen molar-refractivity contribution in [2.75, 3.05) is 19.7 Å². The van der Waals surface area contributed by atoms with Gasteiger partial charge in [-0.25, -0.2) is 4.98 Å². The van der Waals surface area contributed by atoms with Crippen molar-refractivity contribution < 1.29 is 13.8 Å². The molecule has 0 aliphatic rings. The monoisotopic (exact) mass is 397 g/mol. The summed E-state index contributed by atoms with van der Waals surface area (Å²) in [7, 11) is 5.22. The van der Waals surface area contributed by atoms with Crippen LogP contribution in [0.4, 0.5) is 5.69 Å². The molecule has 0 aliphatic carbocycles. The summed E-state index contributed by atoms with van der Waals surface area (Å²) in [6.07, 6.45) is 1.77. The van der Waals surface area contributed by atoms with Gasteiger partial charge in [0.25, 0.3) is 0 Å². The van der Waals surface area contributed by atoms with E-state index in [0.29, 0.717) is 11.5 Å². The number of methoxy groups -OCH3 is 2. The molecule has 9 heteroatoms. The topological polar surface area (TPSA) is 96.5 Å². The first-order chi connectivity index (χ1) is 13.7. The number of aromatic nitrogens is 3. The zero-order valence-corrected chi connectivity index (χ0v) is 16.4. The van der Waals surface area contributed by atoms with Gasteiger partial charge in [-0.3, -0.25) is 15.6 Å². The molecule has 2 heterocycles. The molecule has 0 radical (unpaired) electrons. The molecule has 0 atom stereocenters. The minimum atomic E-state index is 0.644. The molecule has 0 fully saturated rings. The maximum absolute atomic E-state index is 5.46. The second-order valence-electron chi connectivity index (χ2n) is 6.07. The Morgan fingerprint density at radius 3 is 2.43 bits per heavy atom. The van der Waals surface area contributed by atoms with Crippen LogP contribution in [0, 0.1) is 0 Å². The Hall–Kier alpha value is -3.01. The van der Waals surface area contributed by atoms with Gasteiger partial charge in [-0.2, -0.15) is 4.28 Å². The van der Waals surface area contributed by atoms with Crippen molar-refractivity contribution in [1.29, 1.82) is 0 Å². The predicted molar refractivity (Wildman–Crippen MR) is 111 cm³/mol. The highest BCUT2D eigenvalue weighted by Crippen LogP contribution is 2.35. The maximum Gasteiger partial charge on any atom is 0.162 e. The van der Waals surface area contributed by atoms with Crippen LogP contribution >= 0.6 is 12.2 Å². The molecule has 0 amide bonds. The van der Waals surface area contributed by atoms with Gasteiger partial charge < -0.3 is 14.0 Å². The number of nitrogens with one attached hydrogen (secondary N) is 1. The van der Waals surface area contributed by atoms with Gasteiger partial charge in [0.05, 0.1) is 37.1 Å². The smallest absolute Gasteiger partial charge is 0.162 e. The fraction of sp³-hybridized carbons (Fsp3) is 0.158. The number of rotatable bonds is 6. The summed E-state index contributed by atoms with van der Waals surface area (Å²) in [5.74, 6) is 2.13. The molecule has 28 heavy (non-hydrogen) atoms. The van der Waals surface area contributed by atoms with E-state index in [4.69, 9.17) is 23.9 Å². The molecule has 0 aliphatic heterocycles. The molecular weight excluding hydrogens is 378 g/mol. The van der Waals surface area contributed by atoms with Gasteiger partial charge in [-0.05, 0) is 30.3 Å². The standard InChI is InChI=1S/C19H19N5O3S/c1-24-18-13-8-16(25-2)17(26-3)9-14(13)21-10-15(18)22-19(24)11-4-6-12(7-5-11)23-27-28-20/h4-10,23H,20H2,1-3H3. The number of imidazole rings is 1. The molecule has 4 rings (SSSR count). The zero-order valence-electron chi connectivity index (χ0n) is 15.6. The molecule has 0 unspecified atom stereocenters. The van der Waals surface area contributed by atoms with E-state index in [1.165, 1.54) is 0 Å². The fourth-order valence-corrected chi connectivity index (χ4v) is 3.39. The van der Waals surface area contributed by atoms with Crippen LogP contribution in [0.3, 0.4) is 0 Å². The van der Waals surface area contributed by atoms with Crippen molar-refractivity contribution in [3.8, 4) is 22.9 Å². The molecule has 0 saturated carbocycles. The normalized spacial score (nSPS) is 11.1. The zero-order chi connectivity index (χ0) is 19.7. The molecule has 0 saturated heterocycles. The third kappa shape index (κ3) is 3.09. The molecule has 0 bridgehead atoms. The first kappa shape index (κ1) is 18.4. The van der Waals surface area contributed by atoms with Crippen LogP contribution in [0.2, 0.25) is 0 Å². The molecule has 2 aromatic heterocycles. The SMILES string of the molecule is COc1cc2ncc3nc(-c4ccc(NOSN)cc4)n(C)c3c2cc1OC. The summed E-state index contributed by atoms with van der Waals surface area (Å²) in [5.41, 5.74) is 7.10. The molecule has 3 N–H and O–H groups in total. The Balaban J connectivity index is 1.85. The average Bonchev–Trinajstić information content (AvgIpc) is 3.08. The van der Waals surface area contributed by atoms with E-state index in [-0.39, 0.29) is 0 Å². The third-order valence-electron chi connectivity index (χ3n) is 4.56. The molecule has 8 nitrogen and oxygen atoms in total. The number of hydrogen-bond donors (Lipinski definition) is 2. The van der Waals surface area contributed by atoms with Crippen LogP contribution in [0.1, 0.15) is 0 Å². The highest BCUT2D eigenvalue weighted by atomic mass is 32.2. The summed E-state index contributed by atoms with van der Waals surface area (Å²) in [6, 6.07) is 11.5. The molecule has 4 aromatic rings. The van der Waals surface area contributed by atoms with Crippen LogP contribution in [0.15, 0.2) is 42.6 Å². The highest BCUT2D eigenvalue weighted by molar-refractivity contribution is 7.92. The molecular formula is C19H19N5O3S. The number of fused-ring (bicyclic) bond motifs is 3. The van der Waals surface area contributed by atoms with E-state index in [2.05, 4.69) is 15.0 Å². The van der Waals surface area contributed by atoms with Crippen molar-refractivity contribution in [1.82, 2.24) is 14.5 Å². The Labute approximate surface area is 165 Å². The van der Waals surface area contributed by atoms with Crippen molar-refractivity contribution in [2.24, 2.45) is 12.2 Å². The summed E-state index contributed by atoms with van der Waals surface area (Å²) in [4.78, 5) is 9.31. The number of benzene rings is 2.